The highest BCUT2D eigenvalue weighted by molar-refractivity contribution is 5.21. The number of rotatable bonds is 8. The number of benzene rings is 1. The number of hydrogen-bond acceptors (Lipinski definition) is 4. The van der Waals surface area contributed by atoms with Crippen molar-refractivity contribution in [2.45, 2.75) is 59.2 Å². The SMILES string of the molecule is CNCC(C)(C)CC1CNC(C(NCC(C)(C)C)c2ccccc2)CO1. The van der Waals surface area contributed by atoms with Crippen LogP contribution in [0.15, 0.2) is 30.3 Å². The molecular formula is C22H39N3O. The second kappa shape index (κ2) is 9.32. The van der Waals surface area contributed by atoms with Crippen molar-refractivity contribution in [3.63, 3.8) is 0 Å². The van der Waals surface area contributed by atoms with Crippen molar-refractivity contribution in [3.05, 3.63) is 35.9 Å². The van der Waals surface area contributed by atoms with Gasteiger partial charge in [0, 0.05) is 25.7 Å². The Bertz CT molecular complexity index is 516. The average molecular weight is 362 g/mol. The van der Waals surface area contributed by atoms with Crippen molar-refractivity contribution in [2.75, 3.05) is 33.3 Å². The zero-order chi connectivity index (χ0) is 19.2. The monoisotopic (exact) mass is 361 g/mol. The van der Waals surface area contributed by atoms with Crippen molar-refractivity contribution in [1.82, 2.24) is 16.0 Å². The Kier molecular flexibility index (Phi) is 7.65. The van der Waals surface area contributed by atoms with Gasteiger partial charge in [0.05, 0.1) is 18.8 Å². The first-order chi connectivity index (χ1) is 12.2. The summed E-state index contributed by atoms with van der Waals surface area (Å²) in [5.74, 6) is 0. The summed E-state index contributed by atoms with van der Waals surface area (Å²) in [5.41, 5.74) is 1.83. The van der Waals surface area contributed by atoms with E-state index in [1.54, 1.807) is 0 Å². The second-order valence-electron chi connectivity index (χ2n) is 9.70. The van der Waals surface area contributed by atoms with Crippen molar-refractivity contribution >= 4 is 0 Å². The molecule has 1 aliphatic rings. The maximum Gasteiger partial charge on any atom is 0.0705 e. The largest absolute Gasteiger partial charge is 0.375 e. The maximum absolute atomic E-state index is 6.28. The van der Waals surface area contributed by atoms with Gasteiger partial charge in [-0.2, -0.15) is 0 Å². The third-order valence-corrected chi connectivity index (χ3v) is 4.97. The molecule has 0 radical (unpaired) electrons. The van der Waals surface area contributed by atoms with Crippen LogP contribution in [0.2, 0.25) is 0 Å². The smallest absolute Gasteiger partial charge is 0.0705 e. The number of nitrogens with one attached hydrogen (secondary N) is 3. The minimum absolute atomic E-state index is 0.247. The normalized spacial score (nSPS) is 23.0. The molecule has 2 rings (SSSR count). The summed E-state index contributed by atoms with van der Waals surface area (Å²) < 4.78 is 6.28. The molecule has 3 atom stereocenters. The van der Waals surface area contributed by atoms with Gasteiger partial charge in [-0.3, -0.25) is 0 Å². The maximum atomic E-state index is 6.28. The first kappa shape index (κ1) is 21.4. The van der Waals surface area contributed by atoms with Gasteiger partial charge >= 0.3 is 0 Å². The van der Waals surface area contributed by atoms with E-state index in [9.17, 15) is 0 Å². The van der Waals surface area contributed by atoms with E-state index >= 15 is 0 Å². The Morgan fingerprint density at radius 1 is 1.12 bits per heavy atom. The van der Waals surface area contributed by atoms with E-state index in [0.717, 1.165) is 32.7 Å². The lowest BCUT2D eigenvalue weighted by molar-refractivity contribution is -0.0259. The Morgan fingerprint density at radius 2 is 1.81 bits per heavy atom. The molecule has 4 heteroatoms. The minimum atomic E-state index is 0.247. The summed E-state index contributed by atoms with van der Waals surface area (Å²) in [5, 5.41) is 10.8. The van der Waals surface area contributed by atoms with Crippen molar-refractivity contribution in [1.29, 1.82) is 0 Å². The van der Waals surface area contributed by atoms with Crippen LogP contribution in [0.4, 0.5) is 0 Å². The van der Waals surface area contributed by atoms with Gasteiger partial charge in [-0.05, 0) is 29.9 Å². The first-order valence-electron chi connectivity index (χ1n) is 9.98. The van der Waals surface area contributed by atoms with Gasteiger partial charge in [-0.15, -0.1) is 0 Å². The fourth-order valence-corrected chi connectivity index (χ4v) is 3.72. The predicted molar refractivity (Wildman–Crippen MR) is 110 cm³/mol. The van der Waals surface area contributed by atoms with Gasteiger partial charge in [0.25, 0.3) is 0 Å². The summed E-state index contributed by atoms with van der Waals surface area (Å²) in [6.07, 6.45) is 1.35. The van der Waals surface area contributed by atoms with E-state index in [2.05, 4.69) is 80.9 Å². The molecule has 1 aliphatic heterocycles. The molecule has 0 aromatic heterocycles. The van der Waals surface area contributed by atoms with E-state index < -0.39 is 0 Å². The van der Waals surface area contributed by atoms with E-state index in [-0.39, 0.29) is 23.0 Å². The highest BCUT2D eigenvalue weighted by Gasteiger charge is 2.32. The van der Waals surface area contributed by atoms with Crippen LogP contribution < -0.4 is 16.0 Å². The van der Waals surface area contributed by atoms with Crippen LogP contribution in [0.1, 0.15) is 52.6 Å². The van der Waals surface area contributed by atoms with Gasteiger partial charge in [0.15, 0.2) is 0 Å². The highest BCUT2D eigenvalue weighted by Crippen LogP contribution is 2.26. The molecule has 0 spiro atoms. The topological polar surface area (TPSA) is 45.3 Å². The minimum Gasteiger partial charge on any atom is -0.375 e. The standard InChI is InChI=1S/C22H39N3O/c1-21(2,3)15-25-20(17-10-8-7-9-11-17)19-14-26-18(13-24-19)12-22(4,5)16-23-6/h7-11,18-20,23-25H,12-16H2,1-6H3. The molecule has 3 N–H and O–H groups in total. The van der Waals surface area contributed by atoms with Crippen LogP contribution in [0.5, 0.6) is 0 Å². The van der Waals surface area contributed by atoms with Crippen LogP contribution in [-0.4, -0.2) is 45.4 Å². The molecule has 1 aromatic rings. The lowest BCUT2D eigenvalue weighted by Gasteiger charge is -2.39. The van der Waals surface area contributed by atoms with Crippen LogP contribution in [-0.2, 0) is 4.74 Å². The number of morpholine rings is 1. The Balaban J connectivity index is 1.97. The number of ether oxygens (including phenoxy) is 1. The molecule has 0 saturated carbocycles. The van der Waals surface area contributed by atoms with E-state index in [1.165, 1.54) is 5.56 Å². The molecule has 26 heavy (non-hydrogen) atoms. The Labute approximate surface area is 160 Å². The summed E-state index contributed by atoms with van der Waals surface area (Å²) >= 11 is 0. The molecule has 1 heterocycles. The Morgan fingerprint density at radius 3 is 2.35 bits per heavy atom. The molecule has 0 bridgehead atoms. The quantitative estimate of drug-likeness (QED) is 0.664. The summed E-state index contributed by atoms with van der Waals surface area (Å²) in [6, 6.07) is 11.3. The zero-order valence-corrected chi connectivity index (χ0v) is 17.6. The molecule has 0 aliphatic carbocycles. The number of hydrogen-bond donors (Lipinski definition) is 3. The van der Waals surface area contributed by atoms with Crippen molar-refractivity contribution in [3.8, 4) is 0 Å². The molecule has 148 valence electrons. The van der Waals surface area contributed by atoms with Crippen LogP contribution in [0, 0.1) is 10.8 Å². The van der Waals surface area contributed by atoms with E-state index in [4.69, 9.17) is 4.74 Å². The molecule has 1 saturated heterocycles. The molecular weight excluding hydrogens is 322 g/mol. The predicted octanol–water partition coefficient (Wildman–Crippen LogP) is 3.36. The second-order valence-corrected chi connectivity index (χ2v) is 9.70. The van der Waals surface area contributed by atoms with Crippen molar-refractivity contribution in [2.24, 2.45) is 10.8 Å². The average Bonchev–Trinajstić information content (AvgIpc) is 2.56. The van der Waals surface area contributed by atoms with Gasteiger partial charge in [0.1, 0.15) is 0 Å². The fourth-order valence-electron chi connectivity index (χ4n) is 3.72. The van der Waals surface area contributed by atoms with Gasteiger partial charge < -0.3 is 20.7 Å². The van der Waals surface area contributed by atoms with Gasteiger partial charge in [-0.25, -0.2) is 0 Å². The zero-order valence-electron chi connectivity index (χ0n) is 17.6. The third kappa shape index (κ3) is 6.99. The van der Waals surface area contributed by atoms with Crippen molar-refractivity contribution < 1.29 is 4.74 Å². The lowest BCUT2D eigenvalue weighted by atomic mass is 9.85. The fraction of sp³-hybridized carbons (Fsp3) is 0.727. The summed E-state index contributed by atoms with van der Waals surface area (Å²) in [6.45, 7) is 15.1. The van der Waals surface area contributed by atoms with Crippen LogP contribution >= 0.6 is 0 Å². The van der Waals surface area contributed by atoms with Crippen LogP contribution in [0.3, 0.4) is 0 Å². The van der Waals surface area contributed by atoms with E-state index in [0.29, 0.717) is 6.04 Å². The molecule has 4 nitrogen and oxygen atoms in total. The third-order valence-electron chi connectivity index (χ3n) is 4.97. The van der Waals surface area contributed by atoms with Crippen LogP contribution in [0.25, 0.3) is 0 Å². The molecule has 1 aromatic carbocycles. The lowest BCUT2D eigenvalue weighted by Crippen LogP contribution is -2.54. The van der Waals surface area contributed by atoms with Gasteiger partial charge in [-0.1, -0.05) is 65.0 Å². The summed E-state index contributed by atoms with van der Waals surface area (Å²) in [7, 11) is 2.02. The molecule has 0 amide bonds. The van der Waals surface area contributed by atoms with Gasteiger partial charge in [0.2, 0.25) is 0 Å². The summed E-state index contributed by atoms with van der Waals surface area (Å²) in [4.78, 5) is 0. The molecule has 3 unspecified atom stereocenters. The highest BCUT2D eigenvalue weighted by atomic mass is 16.5. The van der Waals surface area contributed by atoms with E-state index in [1.807, 2.05) is 7.05 Å². The Hall–Kier alpha value is -0.940. The molecule has 1 fully saturated rings. The first-order valence-corrected chi connectivity index (χ1v) is 9.98.